The third kappa shape index (κ3) is 3.41. The number of pyridine rings is 2. The molecule has 4 nitrogen and oxygen atoms in total. The molecule has 0 fully saturated rings. The van der Waals surface area contributed by atoms with Gasteiger partial charge in [0, 0.05) is 18.1 Å². The van der Waals surface area contributed by atoms with E-state index in [0.717, 1.165) is 23.5 Å². The van der Waals surface area contributed by atoms with E-state index in [-0.39, 0.29) is 0 Å². The first-order chi connectivity index (χ1) is 10.7. The van der Waals surface area contributed by atoms with Crippen molar-refractivity contribution in [3.8, 4) is 0 Å². The highest BCUT2D eigenvalue weighted by atomic mass is 15.0. The fraction of sp³-hybridized carbons (Fsp3) is 0.111. The van der Waals surface area contributed by atoms with Crippen LogP contribution in [-0.2, 0) is 6.42 Å². The van der Waals surface area contributed by atoms with Gasteiger partial charge in [-0.1, -0.05) is 12.1 Å². The van der Waals surface area contributed by atoms with Crippen LogP contribution in [0.25, 0.3) is 0 Å². The first-order valence-electron chi connectivity index (χ1n) is 7.18. The maximum absolute atomic E-state index is 5.78. The Morgan fingerprint density at radius 2 is 1.68 bits per heavy atom. The van der Waals surface area contributed by atoms with E-state index in [1.807, 2.05) is 37.5 Å². The van der Waals surface area contributed by atoms with Crippen molar-refractivity contribution in [3.63, 3.8) is 0 Å². The summed E-state index contributed by atoms with van der Waals surface area (Å²) >= 11 is 0. The van der Waals surface area contributed by atoms with Crippen LogP contribution in [0.2, 0.25) is 0 Å². The molecule has 3 rings (SSSR count). The first-order valence-corrected chi connectivity index (χ1v) is 7.18. The number of nitrogens with two attached hydrogens (primary N) is 1. The molecule has 1 aromatic carbocycles. The first kappa shape index (κ1) is 14.1. The minimum Gasteiger partial charge on any atom is -0.397 e. The van der Waals surface area contributed by atoms with Gasteiger partial charge in [-0.3, -0.25) is 4.98 Å². The number of benzene rings is 1. The van der Waals surface area contributed by atoms with E-state index in [0.29, 0.717) is 5.69 Å². The predicted molar refractivity (Wildman–Crippen MR) is 90.2 cm³/mol. The Morgan fingerprint density at radius 1 is 1.00 bits per heavy atom. The van der Waals surface area contributed by atoms with E-state index < -0.39 is 0 Å². The second-order valence-electron chi connectivity index (χ2n) is 5.28. The predicted octanol–water partition coefficient (Wildman–Crippen LogP) is 3.70. The van der Waals surface area contributed by atoms with Crippen LogP contribution < -0.4 is 11.1 Å². The molecule has 0 saturated heterocycles. The standard InChI is InChI=1S/C18H18N4/c1-13-10-18(21-12-17(13)19)22-16-4-2-14(3-5-16)11-15-6-8-20-9-7-15/h2-10,12H,11,19H2,1H3,(H,21,22). The lowest BCUT2D eigenvalue weighted by Gasteiger charge is -2.08. The van der Waals surface area contributed by atoms with Crippen molar-refractivity contribution in [2.45, 2.75) is 13.3 Å². The van der Waals surface area contributed by atoms with Crippen LogP contribution in [0.15, 0.2) is 61.1 Å². The lowest BCUT2D eigenvalue weighted by Crippen LogP contribution is -1.97. The lowest BCUT2D eigenvalue weighted by atomic mass is 10.1. The van der Waals surface area contributed by atoms with Crippen LogP contribution >= 0.6 is 0 Å². The Labute approximate surface area is 130 Å². The summed E-state index contributed by atoms with van der Waals surface area (Å²) in [5.74, 6) is 0.800. The molecule has 4 heteroatoms. The van der Waals surface area contributed by atoms with Gasteiger partial charge in [0.05, 0.1) is 11.9 Å². The quantitative estimate of drug-likeness (QED) is 0.769. The average molecular weight is 290 g/mol. The van der Waals surface area contributed by atoms with Crippen molar-refractivity contribution in [2.24, 2.45) is 0 Å². The van der Waals surface area contributed by atoms with Crippen molar-refractivity contribution < 1.29 is 0 Å². The minimum absolute atomic E-state index is 0.707. The zero-order valence-corrected chi connectivity index (χ0v) is 12.5. The van der Waals surface area contributed by atoms with Crippen LogP contribution in [0.4, 0.5) is 17.2 Å². The second kappa shape index (κ2) is 6.26. The molecule has 110 valence electrons. The van der Waals surface area contributed by atoms with Crippen molar-refractivity contribution in [2.75, 3.05) is 11.1 Å². The molecule has 0 aliphatic rings. The number of nitrogen functional groups attached to an aromatic ring is 1. The topological polar surface area (TPSA) is 63.8 Å². The summed E-state index contributed by atoms with van der Waals surface area (Å²) in [6.45, 7) is 1.97. The Kier molecular flexibility index (Phi) is 4.01. The van der Waals surface area contributed by atoms with E-state index in [9.17, 15) is 0 Å². The third-order valence-electron chi connectivity index (χ3n) is 3.54. The van der Waals surface area contributed by atoms with Crippen LogP contribution in [0.1, 0.15) is 16.7 Å². The summed E-state index contributed by atoms with van der Waals surface area (Å²) in [7, 11) is 0. The van der Waals surface area contributed by atoms with Crippen LogP contribution in [0, 0.1) is 6.92 Å². The monoisotopic (exact) mass is 290 g/mol. The highest BCUT2D eigenvalue weighted by molar-refractivity contribution is 5.60. The van der Waals surface area contributed by atoms with Gasteiger partial charge in [-0.2, -0.15) is 0 Å². The smallest absolute Gasteiger partial charge is 0.130 e. The number of aromatic nitrogens is 2. The zero-order valence-electron chi connectivity index (χ0n) is 12.5. The van der Waals surface area contributed by atoms with Gasteiger partial charge in [-0.05, 0) is 60.4 Å². The molecule has 0 spiro atoms. The largest absolute Gasteiger partial charge is 0.397 e. The van der Waals surface area contributed by atoms with Crippen LogP contribution in [-0.4, -0.2) is 9.97 Å². The van der Waals surface area contributed by atoms with Gasteiger partial charge in [0.2, 0.25) is 0 Å². The summed E-state index contributed by atoms with van der Waals surface area (Å²) in [5.41, 5.74) is 11.0. The number of hydrogen-bond donors (Lipinski definition) is 2. The van der Waals surface area contributed by atoms with E-state index >= 15 is 0 Å². The van der Waals surface area contributed by atoms with Gasteiger partial charge in [0.15, 0.2) is 0 Å². The molecule has 3 aromatic rings. The molecule has 22 heavy (non-hydrogen) atoms. The number of nitrogens with zero attached hydrogens (tertiary/aromatic N) is 2. The molecule has 0 atom stereocenters. The van der Waals surface area contributed by atoms with Gasteiger partial charge in [0.25, 0.3) is 0 Å². The highest BCUT2D eigenvalue weighted by Gasteiger charge is 2.00. The maximum Gasteiger partial charge on any atom is 0.130 e. The zero-order chi connectivity index (χ0) is 15.4. The third-order valence-corrected chi connectivity index (χ3v) is 3.54. The Balaban J connectivity index is 1.70. The molecule has 2 heterocycles. The fourth-order valence-corrected chi connectivity index (χ4v) is 2.23. The lowest BCUT2D eigenvalue weighted by molar-refractivity contribution is 1.16. The summed E-state index contributed by atoms with van der Waals surface area (Å²) in [5, 5.41) is 3.29. The summed E-state index contributed by atoms with van der Waals surface area (Å²) in [6.07, 6.45) is 6.22. The van der Waals surface area contributed by atoms with E-state index in [1.54, 1.807) is 6.20 Å². The normalized spacial score (nSPS) is 10.4. The highest BCUT2D eigenvalue weighted by Crippen LogP contribution is 2.19. The van der Waals surface area contributed by atoms with Gasteiger partial charge >= 0.3 is 0 Å². The summed E-state index contributed by atoms with van der Waals surface area (Å²) in [4.78, 5) is 8.32. The van der Waals surface area contributed by atoms with Crippen molar-refractivity contribution >= 4 is 17.2 Å². The Morgan fingerprint density at radius 3 is 2.36 bits per heavy atom. The fourth-order valence-electron chi connectivity index (χ4n) is 2.23. The molecular weight excluding hydrogens is 272 g/mol. The summed E-state index contributed by atoms with van der Waals surface area (Å²) in [6, 6.07) is 14.4. The van der Waals surface area contributed by atoms with E-state index in [1.165, 1.54) is 11.1 Å². The second-order valence-corrected chi connectivity index (χ2v) is 5.28. The molecule has 0 unspecified atom stereocenters. The van der Waals surface area contributed by atoms with Gasteiger partial charge < -0.3 is 11.1 Å². The molecule has 0 bridgehead atoms. The van der Waals surface area contributed by atoms with E-state index in [4.69, 9.17) is 5.73 Å². The summed E-state index contributed by atoms with van der Waals surface area (Å²) < 4.78 is 0. The number of nitrogens with one attached hydrogen (secondary N) is 1. The van der Waals surface area contributed by atoms with Gasteiger partial charge in [-0.15, -0.1) is 0 Å². The average Bonchev–Trinajstić information content (AvgIpc) is 2.54. The van der Waals surface area contributed by atoms with Crippen LogP contribution in [0.5, 0.6) is 0 Å². The van der Waals surface area contributed by atoms with Crippen LogP contribution in [0.3, 0.4) is 0 Å². The molecule has 0 aliphatic carbocycles. The minimum atomic E-state index is 0.707. The number of aryl methyl sites for hydroxylation is 1. The molecule has 0 saturated carbocycles. The molecule has 0 aliphatic heterocycles. The number of hydrogen-bond acceptors (Lipinski definition) is 4. The molecular formula is C18H18N4. The molecule has 0 amide bonds. The van der Waals surface area contributed by atoms with Gasteiger partial charge in [-0.25, -0.2) is 4.98 Å². The van der Waals surface area contributed by atoms with Crippen molar-refractivity contribution in [1.29, 1.82) is 0 Å². The van der Waals surface area contributed by atoms with Gasteiger partial charge in [0.1, 0.15) is 5.82 Å². The Bertz CT molecular complexity index is 752. The molecule has 3 N–H and O–H groups in total. The SMILES string of the molecule is Cc1cc(Nc2ccc(Cc3ccncc3)cc2)ncc1N. The molecule has 2 aromatic heterocycles. The Hall–Kier alpha value is -2.88. The van der Waals surface area contributed by atoms with Crippen molar-refractivity contribution in [3.05, 3.63) is 77.7 Å². The number of rotatable bonds is 4. The maximum atomic E-state index is 5.78. The number of anilines is 3. The van der Waals surface area contributed by atoms with Crippen molar-refractivity contribution in [1.82, 2.24) is 9.97 Å². The van der Waals surface area contributed by atoms with E-state index in [2.05, 4.69) is 39.6 Å². The molecule has 0 radical (unpaired) electrons.